The molecule has 1 fully saturated rings. The second kappa shape index (κ2) is 6.78. The van der Waals surface area contributed by atoms with Crippen molar-refractivity contribution in [2.75, 3.05) is 13.1 Å². The van der Waals surface area contributed by atoms with E-state index in [1.54, 1.807) is 0 Å². The number of guanidine groups is 1. The van der Waals surface area contributed by atoms with Gasteiger partial charge >= 0.3 is 0 Å². The van der Waals surface area contributed by atoms with Gasteiger partial charge in [0.05, 0.1) is 0 Å². The summed E-state index contributed by atoms with van der Waals surface area (Å²) in [5, 5.41) is 6.90. The quantitative estimate of drug-likeness (QED) is 0.639. The number of aryl methyl sites for hydroxylation is 1. The lowest BCUT2D eigenvalue weighted by Gasteiger charge is -2.12. The number of aliphatic imine (C=N–C) groups is 1. The number of nitrogens with zero attached hydrogens (tertiary/aromatic N) is 1. The zero-order valence-corrected chi connectivity index (χ0v) is 13.1. The van der Waals surface area contributed by atoms with Gasteiger partial charge in [0.15, 0.2) is 5.96 Å². The highest BCUT2D eigenvalue weighted by molar-refractivity contribution is 5.80. The highest BCUT2D eigenvalue weighted by Crippen LogP contribution is 2.41. The summed E-state index contributed by atoms with van der Waals surface area (Å²) in [5.41, 5.74) is 2.87. The van der Waals surface area contributed by atoms with Crippen LogP contribution >= 0.6 is 0 Å². The summed E-state index contributed by atoms with van der Waals surface area (Å²) in [7, 11) is 0. The largest absolute Gasteiger partial charge is 0.357 e. The van der Waals surface area contributed by atoms with E-state index in [-0.39, 0.29) is 0 Å². The third kappa shape index (κ3) is 3.99. The van der Waals surface area contributed by atoms with Gasteiger partial charge in [-0.2, -0.15) is 0 Å². The lowest BCUT2D eigenvalue weighted by Crippen LogP contribution is -2.39. The van der Waals surface area contributed by atoms with Crippen LogP contribution < -0.4 is 10.6 Å². The van der Waals surface area contributed by atoms with Gasteiger partial charge in [-0.3, -0.25) is 4.99 Å². The van der Waals surface area contributed by atoms with Gasteiger partial charge in [0.25, 0.3) is 0 Å². The monoisotopic (exact) mass is 273 g/mol. The molecule has 1 saturated carbocycles. The molecule has 3 nitrogen and oxygen atoms in total. The van der Waals surface area contributed by atoms with Crippen molar-refractivity contribution in [3.8, 4) is 0 Å². The van der Waals surface area contributed by atoms with E-state index < -0.39 is 0 Å². The zero-order valence-electron chi connectivity index (χ0n) is 13.1. The van der Waals surface area contributed by atoms with E-state index in [1.807, 2.05) is 0 Å². The summed E-state index contributed by atoms with van der Waals surface area (Å²) in [5.74, 6) is 2.19. The Morgan fingerprint density at radius 2 is 2.10 bits per heavy atom. The van der Waals surface area contributed by atoms with Gasteiger partial charge in [0.1, 0.15) is 0 Å². The second-order valence-electron chi connectivity index (χ2n) is 6.06. The van der Waals surface area contributed by atoms with Crippen LogP contribution in [0.3, 0.4) is 0 Å². The molecule has 2 atom stereocenters. The maximum Gasteiger partial charge on any atom is 0.191 e. The lowest BCUT2D eigenvalue weighted by molar-refractivity contribution is 0.655. The summed E-state index contributed by atoms with van der Waals surface area (Å²) < 4.78 is 0. The molecular formula is C17H27N3. The van der Waals surface area contributed by atoms with Crippen LogP contribution in [0.1, 0.15) is 44.2 Å². The van der Waals surface area contributed by atoms with E-state index in [4.69, 9.17) is 0 Å². The predicted octanol–water partition coefficient (Wildman–Crippen LogP) is 3.06. The third-order valence-electron chi connectivity index (χ3n) is 3.66. The molecule has 0 saturated heterocycles. The van der Waals surface area contributed by atoms with Crippen molar-refractivity contribution in [1.82, 2.24) is 10.6 Å². The van der Waals surface area contributed by atoms with Crippen molar-refractivity contribution in [3.05, 3.63) is 35.4 Å². The zero-order chi connectivity index (χ0) is 14.5. The molecule has 0 heterocycles. The summed E-state index contributed by atoms with van der Waals surface area (Å²) in [6, 6.07) is 9.22. The van der Waals surface area contributed by atoms with Crippen LogP contribution in [0.4, 0.5) is 0 Å². The first-order chi connectivity index (χ1) is 9.61. The van der Waals surface area contributed by atoms with Crippen molar-refractivity contribution in [2.24, 2.45) is 10.9 Å². The van der Waals surface area contributed by atoms with Crippen LogP contribution in [0, 0.1) is 12.8 Å². The Bertz CT molecular complexity index is 465. The van der Waals surface area contributed by atoms with Crippen molar-refractivity contribution in [3.63, 3.8) is 0 Å². The number of benzene rings is 1. The van der Waals surface area contributed by atoms with Crippen LogP contribution in [0.5, 0.6) is 0 Å². The molecule has 3 heteroatoms. The van der Waals surface area contributed by atoms with Gasteiger partial charge in [-0.05, 0) is 37.3 Å². The van der Waals surface area contributed by atoms with Gasteiger partial charge in [0.2, 0.25) is 0 Å². The van der Waals surface area contributed by atoms with E-state index in [2.05, 4.69) is 67.6 Å². The number of hydrogen-bond acceptors (Lipinski definition) is 1. The van der Waals surface area contributed by atoms with Crippen molar-refractivity contribution in [1.29, 1.82) is 0 Å². The molecule has 110 valence electrons. The van der Waals surface area contributed by atoms with Gasteiger partial charge in [-0.15, -0.1) is 0 Å². The molecule has 0 amide bonds. The van der Waals surface area contributed by atoms with E-state index in [1.165, 1.54) is 17.5 Å². The molecule has 1 aromatic rings. The van der Waals surface area contributed by atoms with E-state index >= 15 is 0 Å². The van der Waals surface area contributed by atoms with Crippen molar-refractivity contribution in [2.45, 2.75) is 46.1 Å². The Kier molecular flexibility index (Phi) is 5.05. The topological polar surface area (TPSA) is 36.4 Å². The first-order valence-corrected chi connectivity index (χ1v) is 7.72. The van der Waals surface area contributed by atoms with Crippen LogP contribution in [-0.4, -0.2) is 25.1 Å². The number of rotatable bonds is 5. The van der Waals surface area contributed by atoms with E-state index in [0.29, 0.717) is 17.9 Å². The summed E-state index contributed by atoms with van der Waals surface area (Å²) in [6.45, 7) is 10.5. The maximum absolute atomic E-state index is 4.64. The Morgan fingerprint density at radius 1 is 1.35 bits per heavy atom. The SMILES string of the molecule is CCNC(=NCC(C)C)NC1CC1c1ccccc1C. The Morgan fingerprint density at radius 3 is 2.75 bits per heavy atom. The van der Waals surface area contributed by atoms with Gasteiger partial charge in [-0.1, -0.05) is 38.1 Å². The Hall–Kier alpha value is -1.51. The van der Waals surface area contributed by atoms with Crippen molar-refractivity contribution < 1.29 is 0 Å². The molecule has 0 radical (unpaired) electrons. The fraction of sp³-hybridized carbons (Fsp3) is 0.588. The molecule has 1 aromatic carbocycles. The number of hydrogen-bond donors (Lipinski definition) is 2. The molecule has 1 aliphatic carbocycles. The lowest BCUT2D eigenvalue weighted by atomic mass is 10.0. The first-order valence-electron chi connectivity index (χ1n) is 7.72. The van der Waals surface area contributed by atoms with Gasteiger partial charge < -0.3 is 10.6 Å². The molecule has 0 bridgehead atoms. The molecule has 0 aliphatic heterocycles. The van der Waals surface area contributed by atoms with Crippen LogP contribution in [0.2, 0.25) is 0 Å². The molecule has 2 N–H and O–H groups in total. The minimum Gasteiger partial charge on any atom is -0.357 e. The second-order valence-corrected chi connectivity index (χ2v) is 6.06. The maximum atomic E-state index is 4.64. The molecule has 20 heavy (non-hydrogen) atoms. The summed E-state index contributed by atoms with van der Waals surface area (Å²) >= 11 is 0. The Labute approximate surface area is 122 Å². The highest BCUT2D eigenvalue weighted by atomic mass is 15.2. The highest BCUT2D eigenvalue weighted by Gasteiger charge is 2.39. The predicted molar refractivity (Wildman–Crippen MR) is 86.3 cm³/mol. The number of nitrogens with one attached hydrogen (secondary N) is 2. The fourth-order valence-electron chi connectivity index (χ4n) is 2.47. The van der Waals surface area contributed by atoms with Crippen LogP contribution in [0.15, 0.2) is 29.3 Å². The normalized spacial score (nSPS) is 21.9. The molecule has 2 rings (SSSR count). The molecular weight excluding hydrogens is 246 g/mol. The first kappa shape index (κ1) is 14.9. The smallest absolute Gasteiger partial charge is 0.191 e. The average molecular weight is 273 g/mol. The molecule has 0 aromatic heterocycles. The summed E-state index contributed by atoms with van der Waals surface area (Å²) in [6.07, 6.45) is 1.21. The average Bonchev–Trinajstić information content (AvgIpc) is 3.16. The summed E-state index contributed by atoms with van der Waals surface area (Å²) in [4.78, 5) is 4.64. The molecule has 2 unspecified atom stereocenters. The minimum absolute atomic E-state index is 0.529. The van der Waals surface area contributed by atoms with Gasteiger partial charge in [0, 0.05) is 25.0 Å². The van der Waals surface area contributed by atoms with Gasteiger partial charge in [-0.25, -0.2) is 0 Å². The van der Waals surface area contributed by atoms with E-state index in [0.717, 1.165) is 19.0 Å². The Balaban J connectivity index is 1.94. The van der Waals surface area contributed by atoms with Crippen molar-refractivity contribution >= 4 is 5.96 Å². The van der Waals surface area contributed by atoms with Crippen LogP contribution in [-0.2, 0) is 0 Å². The minimum atomic E-state index is 0.529. The third-order valence-corrected chi connectivity index (χ3v) is 3.66. The standard InChI is InChI=1S/C17H27N3/c1-5-18-17(19-11-12(2)3)20-16-10-15(16)14-9-7-6-8-13(14)4/h6-9,12,15-16H,5,10-11H2,1-4H3,(H2,18,19,20). The molecule has 0 spiro atoms. The van der Waals surface area contributed by atoms with E-state index in [9.17, 15) is 0 Å². The fourth-order valence-corrected chi connectivity index (χ4v) is 2.47. The van der Waals surface area contributed by atoms with Crippen LogP contribution in [0.25, 0.3) is 0 Å². The molecule has 1 aliphatic rings.